The van der Waals surface area contributed by atoms with Gasteiger partial charge in [-0.2, -0.15) is 0 Å². The first-order valence-corrected chi connectivity index (χ1v) is 7.40. The van der Waals surface area contributed by atoms with E-state index in [1.54, 1.807) is 0 Å². The monoisotopic (exact) mass is 313 g/mol. The highest BCUT2D eigenvalue weighted by Gasteiger charge is 2.23. The van der Waals surface area contributed by atoms with E-state index < -0.39 is 18.1 Å². The van der Waals surface area contributed by atoms with E-state index in [4.69, 9.17) is 21.1 Å². The number of carbonyl (C=O) groups excluding carboxylic acids is 2. The Hall–Kier alpha value is -1.75. The third kappa shape index (κ3) is 6.99. The summed E-state index contributed by atoms with van der Waals surface area (Å²) in [5.74, 6) is -0.264. The lowest BCUT2D eigenvalue weighted by molar-refractivity contribution is -0.146. The average molecular weight is 314 g/mol. The van der Waals surface area contributed by atoms with Crippen LogP contribution in [0.1, 0.15) is 18.9 Å². The van der Waals surface area contributed by atoms with Gasteiger partial charge in [-0.15, -0.1) is 11.6 Å². The number of esters is 1. The maximum Gasteiger partial charge on any atom is 0.407 e. The molecule has 0 saturated heterocycles. The SMILES string of the molecule is CCCOC(=O)C(Cc1ccccc1)NC(=O)OCCCl. The lowest BCUT2D eigenvalue weighted by Crippen LogP contribution is -2.43. The summed E-state index contributed by atoms with van der Waals surface area (Å²) >= 11 is 5.45. The zero-order valence-corrected chi connectivity index (χ0v) is 12.8. The van der Waals surface area contributed by atoms with E-state index in [0.29, 0.717) is 13.0 Å². The molecule has 0 aliphatic carbocycles. The van der Waals surface area contributed by atoms with Crippen LogP contribution in [0.3, 0.4) is 0 Å². The fourth-order valence-corrected chi connectivity index (χ4v) is 1.74. The summed E-state index contributed by atoms with van der Waals surface area (Å²) < 4.78 is 9.92. The van der Waals surface area contributed by atoms with Crippen molar-refractivity contribution in [2.75, 3.05) is 19.1 Å². The average Bonchev–Trinajstić information content (AvgIpc) is 2.51. The van der Waals surface area contributed by atoms with Gasteiger partial charge in [-0.25, -0.2) is 9.59 Å². The minimum Gasteiger partial charge on any atom is -0.464 e. The first-order chi connectivity index (χ1) is 10.2. The molecule has 116 valence electrons. The van der Waals surface area contributed by atoms with E-state index in [0.717, 1.165) is 12.0 Å². The van der Waals surface area contributed by atoms with Gasteiger partial charge in [0.15, 0.2) is 0 Å². The van der Waals surface area contributed by atoms with Gasteiger partial charge in [0.2, 0.25) is 0 Å². The zero-order chi connectivity index (χ0) is 15.5. The number of halogens is 1. The summed E-state index contributed by atoms with van der Waals surface area (Å²) in [6.45, 7) is 2.32. The molecule has 6 heteroatoms. The zero-order valence-electron chi connectivity index (χ0n) is 12.0. The van der Waals surface area contributed by atoms with Crippen molar-refractivity contribution in [1.29, 1.82) is 0 Å². The lowest BCUT2D eigenvalue weighted by atomic mass is 10.1. The fourth-order valence-electron chi connectivity index (χ4n) is 1.66. The van der Waals surface area contributed by atoms with E-state index in [2.05, 4.69) is 5.32 Å². The highest BCUT2D eigenvalue weighted by molar-refractivity contribution is 6.18. The van der Waals surface area contributed by atoms with Crippen LogP contribution >= 0.6 is 11.6 Å². The molecule has 0 fully saturated rings. The Balaban J connectivity index is 2.65. The Bertz CT molecular complexity index is 439. The highest BCUT2D eigenvalue weighted by Crippen LogP contribution is 2.05. The van der Waals surface area contributed by atoms with Crippen LogP contribution in [-0.2, 0) is 20.7 Å². The predicted octanol–water partition coefficient (Wildman–Crippen LogP) is 2.52. The van der Waals surface area contributed by atoms with Crippen molar-refractivity contribution in [3.8, 4) is 0 Å². The molecule has 1 atom stereocenters. The fraction of sp³-hybridized carbons (Fsp3) is 0.467. The predicted molar refractivity (Wildman–Crippen MR) is 80.4 cm³/mol. The Morgan fingerprint density at radius 3 is 2.52 bits per heavy atom. The van der Waals surface area contributed by atoms with Crippen molar-refractivity contribution in [3.63, 3.8) is 0 Å². The minimum atomic E-state index is -0.776. The van der Waals surface area contributed by atoms with Crippen molar-refractivity contribution in [1.82, 2.24) is 5.32 Å². The molecule has 0 aromatic heterocycles. The number of amides is 1. The maximum atomic E-state index is 12.0. The number of hydrogen-bond acceptors (Lipinski definition) is 4. The molecule has 0 spiro atoms. The second-order valence-corrected chi connectivity index (χ2v) is 4.76. The Labute approximate surface area is 129 Å². The van der Waals surface area contributed by atoms with Crippen molar-refractivity contribution in [2.45, 2.75) is 25.8 Å². The third-order valence-corrected chi connectivity index (χ3v) is 2.77. The van der Waals surface area contributed by atoms with Crippen LogP contribution in [0.4, 0.5) is 4.79 Å². The molecular weight excluding hydrogens is 294 g/mol. The van der Waals surface area contributed by atoms with Crippen molar-refractivity contribution in [3.05, 3.63) is 35.9 Å². The molecule has 1 unspecified atom stereocenters. The molecular formula is C15H20ClNO4. The van der Waals surface area contributed by atoms with Gasteiger partial charge in [-0.3, -0.25) is 0 Å². The van der Waals surface area contributed by atoms with Crippen molar-refractivity contribution in [2.24, 2.45) is 0 Å². The number of alkyl carbamates (subject to hydrolysis) is 1. The van der Waals surface area contributed by atoms with Crippen LogP contribution in [0.5, 0.6) is 0 Å². The summed E-state index contributed by atoms with van der Waals surface area (Å²) in [7, 11) is 0. The smallest absolute Gasteiger partial charge is 0.407 e. The van der Waals surface area contributed by atoms with Crippen molar-refractivity contribution < 1.29 is 19.1 Å². The lowest BCUT2D eigenvalue weighted by Gasteiger charge is -2.17. The molecule has 0 aliphatic rings. The number of rotatable bonds is 8. The molecule has 21 heavy (non-hydrogen) atoms. The van der Waals surface area contributed by atoms with E-state index in [9.17, 15) is 9.59 Å². The number of hydrogen-bond donors (Lipinski definition) is 1. The normalized spacial score (nSPS) is 11.5. The molecule has 1 aromatic rings. The molecule has 1 amide bonds. The maximum absolute atomic E-state index is 12.0. The minimum absolute atomic E-state index is 0.0927. The third-order valence-electron chi connectivity index (χ3n) is 2.62. The van der Waals surface area contributed by atoms with E-state index in [1.807, 2.05) is 37.3 Å². The molecule has 0 bridgehead atoms. The van der Waals surface area contributed by atoms with Gasteiger partial charge >= 0.3 is 12.1 Å². The number of nitrogens with one attached hydrogen (secondary N) is 1. The summed E-state index contributed by atoms with van der Waals surface area (Å²) in [5.41, 5.74) is 0.925. The number of ether oxygens (including phenoxy) is 2. The van der Waals surface area contributed by atoms with Crippen LogP contribution in [0.2, 0.25) is 0 Å². The van der Waals surface area contributed by atoms with E-state index >= 15 is 0 Å². The van der Waals surface area contributed by atoms with E-state index in [-0.39, 0.29) is 12.5 Å². The van der Waals surface area contributed by atoms with Gasteiger partial charge in [0, 0.05) is 6.42 Å². The highest BCUT2D eigenvalue weighted by atomic mass is 35.5. The van der Waals surface area contributed by atoms with Crippen LogP contribution in [0.15, 0.2) is 30.3 Å². The Morgan fingerprint density at radius 2 is 1.90 bits per heavy atom. The molecule has 0 saturated carbocycles. The van der Waals surface area contributed by atoms with Gasteiger partial charge < -0.3 is 14.8 Å². The molecule has 0 heterocycles. The second-order valence-electron chi connectivity index (χ2n) is 4.38. The molecule has 0 aliphatic heterocycles. The van der Waals surface area contributed by atoms with Gasteiger partial charge in [0.25, 0.3) is 0 Å². The van der Waals surface area contributed by atoms with Crippen LogP contribution in [0.25, 0.3) is 0 Å². The topological polar surface area (TPSA) is 64.6 Å². The van der Waals surface area contributed by atoms with Gasteiger partial charge in [-0.05, 0) is 12.0 Å². The van der Waals surface area contributed by atoms with Crippen molar-refractivity contribution >= 4 is 23.7 Å². The number of alkyl halides is 1. The molecule has 1 N–H and O–H groups in total. The second kappa shape index (κ2) is 10.0. The van der Waals surface area contributed by atoms with Gasteiger partial charge in [0.1, 0.15) is 12.6 Å². The summed E-state index contributed by atoms with van der Waals surface area (Å²) in [4.78, 5) is 23.6. The molecule has 1 aromatic carbocycles. The van der Waals surface area contributed by atoms with Crippen LogP contribution in [-0.4, -0.2) is 37.2 Å². The first-order valence-electron chi connectivity index (χ1n) is 6.87. The standard InChI is InChI=1S/C15H20ClNO4/c1-2-9-20-14(18)13(17-15(19)21-10-8-16)11-12-6-4-3-5-7-12/h3-7,13H,2,8-11H2,1H3,(H,17,19). The Kier molecular flexibility index (Phi) is 8.28. The summed E-state index contributed by atoms with van der Waals surface area (Å²) in [6.07, 6.45) is 0.393. The molecule has 5 nitrogen and oxygen atoms in total. The van der Waals surface area contributed by atoms with Gasteiger partial charge in [0.05, 0.1) is 12.5 Å². The largest absolute Gasteiger partial charge is 0.464 e. The first kappa shape index (κ1) is 17.3. The Morgan fingerprint density at radius 1 is 1.19 bits per heavy atom. The molecule has 0 radical (unpaired) electrons. The van der Waals surface area contributed by atoms with E-state index in [1.165, 1.54) is 0 Å². The number of carbonyl (C=O) groups is 2. The van der Waals surface area contributed by atoms with Crippen LogP contribution < -0.4 is 5.32 Å². The number of benzene rings is 1. The summed E-state index contributed by atoms with van der Waals surface area (Å²) in [5, 5.41) is 2.51. The van der Waals surface area contributed by atoms with Gasteiger partial charge in [-0.1, -0.05) is 37.3 Å². The molecule has 1 rings (SSSR count). The summed E-state index contributed by atoms with van der Waals surface area (Å²) in [6, 6.07) is 8.61. The quantitative estimate of drug-likeness (QED) is 0.591. The van der Waals surface area contributed by atoms with Crippen LogP contribution in [0, 0.1) is 0 Å².